The summed E-state index contributed by atoms with van der Waals surface area (Å²) in [6.07, 6.45) is 3.93. The summed E-state index contributed by atoms with van der Waals surface area (Å²) < 4.78 is 1.19. The number of aromatic nitrogens is 1. The first kappa shape index (κ1) is 10.1. The Morgan fingerprint density at radius 3 is 2.67 bits per heavy atom. The monoisotopic (exact) mass is 245 g/mol. The molecule has 0 saturated heterocycles. The first-order valence-electron chi connectivity index (χ1n) is 3.73. The summed E-state index contributed by atoms with van der Waals surface area (Å²) in [5, 5.41) is 0. The lowest BCUT2D eigenvalue weighted by atomic mass is 10.1. The second-order valence-corrected chi connectivity index (χ2v) is 5.42. The molecule has 0 amide bonds. The Balaban J connectivity index is 3.03. The molecule has 1 aromatic rings. The molecule has 1 nitrogen and oxygen atoms in total. The van der Waals surface area contributed by atoms with E-state index >= 15 is 0 Å². The zero-order valence-electron chi connectivity index (χ0n) is 7.47. The fraction of sp³-hybridized carbons (Fsp3) is 0.444. The van der Waals surface area contributed by atoms with Crippen LogP contribution in [0.2, 0.25) is 0 Å². The molecule has 12 heavy (non-hydrogen) atoms. The van der Waals surface area contributed by atoms with Gasteiger partial charge in [-0.3, -0.25) is 4.98 Å². The van der Waals surface area contributed by atoms with Gasteiger partial charge in [-0.2, -0.15) is 11.8 Å². The Morgan fingerprint density at radius 2 is 2.17 bits per heavy atom. The molecule has 0 aromatic carbocycles. The van der Waals surface area contributed by atoms with Crippen LogP contribution in [0.15, 0.2) is 22.8 Å². The first-order chi connectivity index (χ1) is 5.56. The fourth-order valence-electron chi connectivity index (χ4n) is 0.839. The minimum atomic E-state index is 0.101. The van der Waals surface area contributed by atoms with E-state index in [0.29, 0.717) is 0 Å². The van der Waals surface area contributed by atoms with E-state index in [9.17, 15) is 0 Å². The SMILES string of the molecule is CSC(C)(C)c1cc(Br)ccn1. The molecule has 0 spiro atoms. The van der Waals surface area contributed by atoms with Crippen LogP contribution in [0.1, 0.15) is 19.5 Å². The van der Waals surface area contributed by atoms with Gasteiger partial charge >= 0.3 is 0 Å². The predicted molar refractivity (Wildman–Crippen MR) is 58.5 cm³/mol. The van der Waals surface area contributed by atoms with Crippen molar-refractivity contribution in [3.05, 3.63) is 28.5 Å². The number of thioether (sulfide) groups is 1. The number of hydrogen-bond donors (Lipinski definition) is 0. The Kier molecular flexibility index (Phi) is 3.18. The maximum atomic E-state index is 4.33. The zero-order chi connectivity index (χ0) is 9.19. The highest BCUT2D eigenvalue weighted by molar-refractivity contribution is 9.10. The summed E-state index contributed by atoms with van der Waals surface area (Å²) in [6.45, 7) is 4.35. The third kappa shape index (κ3) is 2.23. The molecule has 0 aliphatic carbocycles. The molecule has 66 valence electrons. The second kappa shape index (κ2) is 3.79. The average molecular weight is 246 g/mol. The van der Waals surface area contributed by atoms with Crippen molar-refractivity contribution in [3.63, 3.8) is 0 Å². The summed E-state index contributed by atoms with van der Waals surface area (Å²) in [6, 6.07) is 4.01. The highest BCUT2D eigenvalue weighted by atomic mass is 79.9. The van der Waals surface area contributed by atoms with E-state index < -0.39 is 0 Å². The Bertz CT molecular complexity index is 273. The molecule has 1 aromatic heterocycles. The summed E-state index contributed by atoms with van der Waals surface area (Å²) in [4.78, 5) is 4.33. The zero-order valence-corrected chi connectivity index (χ0v) is 9.87. The van der Waals surface area contributed by atoms with Crippen LogP contribution in [0.25, 0.3) is 0 Å². The smallest absolute Gasteiger partial charge is 0.0569 e. The molecule has 0 fully saturated rings. The molecule has 3 heteroatoms. The molecule has 0 saturated carbocycles. The molecule has 1 heterocycles. The normalized spacial score (nSPS) is 11.7. The van der Waals surface area contributed by atoms with E-state index in [4.69, 9.17) is 0 Å². The van der Waals surface area contributed by atoms with Crippen molar-refractivity contribution < 1.29 is 0 Å². The maximum Gasteiger partial charge on any atom is 0.0569 e. The van der Waals surface area contributed by atoms with E-state index in [-0.39, 0.29) is 4.75 Å². The quantitative estimate of drug-likeness (QED) is 0.792. The van der Waals surface area contributed by atoms with Gasteiger partial charge in [-0.05, 0) is 32.2 Å². The van der Waals surface area contributed by atoms with Crippen LogP contribution in [0.3, 0.4) is 0 Å². The number of rotatable bonds is 2. The summed E-state index contributed by atoms with van der Waals surface area (Å²) >= 11 is 5.24. The van der Waals surface area contributed by atoms with Crippen molar-refractivity contribution in [1.82, 2.24) is 4.98 Å². The lowest BCUT2D eigenvalue weighted by molar-refractivity contribution is 0.748. The lowest BCUT2D eigenvalue weighted by Crippen LogP contribution is -2.12. The van der Waals surface area contributed by atoms with E-state index in [1.54, 1.807) is 11.8 Å². The van der Waals surface area contributed by atoms with E-state index in [2.05, 4.69) is 47.1 Å². The van der Waals surface area contributed by atoms with Gasteiger partial charge in [0.25, 0.3) is 0 Å². The molecule has 0 aliphatic heterocycles. The molecule has 0 bridgehead atoms. The standard InChI is InChI=1S/C9H12BrNS/c1-9(2,12-3)8-6-7(10)4-5-11-8/h4-6H,1-3H3. The number of hydrogen-bond acceptors (Lipinski definition) is 2. The van der Waals surface area contributed by atoms with Gasteiger partial charge < -0.3 is 0 Å². The molecule has 1 rings (SSSR count). The first-order valence-corrected chi connectivity index (χ1v) is 5.75. The van der Waals surface area contributed by atoms with Crippen LogP contribution >= 0.6 is 27.7 Å². The van der Waals surface area contributed by atoms with Crippen molar-refractivity contribution in [2.75, 3.05) is 6.26 Å². The minimum Gasteiger partial charge on any atom is -0.260 e. The summed E-state index contributed by atoms with van der Waals surface area (Å²) in [7, 11) is 0. The topological polar surface area (TPSA) is 12.9 Å². The van der Waals surface area contributed by atoms with Gasteiger partial charge in [-0.15, -0.1) is 0 Å². The Morgan fingerprint density at radius 1 is 1.50 bits per heavy atom. The van der Waals surface area contributed by atoms with E-state index in [1.807, 2.05) is 12.3 Å². The molecule has 0 aliphatic rings. The van der Waals surface area contributed by atoms with Crippen LogP contribution in [-0.2, 0) is 4.75 Å². The Hall–Kier alpha value is -0.0200. The van der Waals surface area contributed by atoms with Crippen LogP contribution in [0.5, 0.6) is 0 Å². The average Bonchev–Trinajstić information content (AvgIpc) is 2.05. The van der Waals surface area contributed by atoms with Crippen LogP contribution in [0, 0.1) is 0 Å². The Labute approximate surface area is 86.1 Å². The predicted octanol–water partition coefficient (Wildman–Crippen LogP) is 3.44. The fourth-order valence-corrected chi connectivity index (χ4v) is 1.49. The van der Waals surface area contributed by atoms with Crippen molar-refractivity contribution in [3.8, 4) is 0 Å². The molecule has 0 N–H and O–H groups in total. The number of halogens is 1. The van der Waals surface area contributed by atoms with Gasteiger partial charge in [0.05, 0.1) is 10.4 Å². The van der Waals surface area contributed by atoms with Crippen LogP contribution in [0.4, 0.5) is 0 Å². The van der Waals surface area contributed by atoms with Crippen LogP contribution in [-0.4, -0.2) is 11.2 Å². The van der Waals surface area contributed by atoms with Crippen molar-refractivity contribution in [2.24, 2.45) is 0 Å². The third-order valence-electron chi connectivity index (χ3n) is 1.85. The molecular weight excluding hydrogens is 234 g/mol. The maximum absolute atomic E-state index is 4.33. The van der Waals surface area contributed by atoms with E-state index in [1.165, 1.54) is 0 Å². The largest absolute Gasteiger partial charge is 0.260 e. The van der Waals surface area contributed by atoms with Crippen molar-refractivity contribution in [1.29, 1.82) is 0 Å². The number of pyridine rings is 1. The highest BCUT2D eigenvalue weighted by Gasteiger charge is 2.20. The molecule has 0 atom stereocenters. The minimum absolute atomic E-state index is 0.101. The van der Waals surface area contributed by atoms with Gasteiger partial charge in [0.15, 0.2) is 0 Å². The second-order valence-electron chi connectivity index (χ2n) is 3.07. The molecule has 0 unspecified atom stereocenters. The lowest BCUT2D eigenvalue weighted by Gasteiger charge is -2.20. The van der Waals surface area contributed by atoms with Crippen molar-refractivity contribution >= 4 is 27.7 Å². The van der Waals surface area contributed by atoms with Gasteiger partial charge in [0.1, 0.15) is 0 Å². The highest BCUT2D eigenvalue weighted by Crippen LogP contribution is 2.32. The summed E-state index contributed by atoms with van der Waals surface area (Å²) in [5.41, 5.74) is 1.12. The number of nitrogens with zero attached hydrogens (tertiary/aromatic N) is 1. The molecule has 0 radical (unpaired) electrons. The van der Waals surface area contributed by atoms with Gasteiger partial charge in [-0.1, -0.05) is 15.9 Å². The third-order valence-corrected chi connectivity index (χ3v) is 3.57. The molecular formula is C9H12BrNS. The van der Waals surface area contributed by atoms with Crippen LogP contribution < -0.4 is 0 Å². The van der Waals surface area contributed by atoms with Crippen molar-refractivity contribution in [2.45, 2.75) is 18.6 Å². The van der Waals surface area contributed by atoms with Gasteiger partial charge in [0, 0.05) is 10.7 Å². The van der Waals surface area contributed by atoms with Gasteiger partial charge in [-0.25, -0.2) is 0 Å². The summed E-state index contributed by atoms with van der Waals surface area (Å²) in [5.74, 6) is 0. The van der Waals surface area contributed by atoms with Gasteiger partial charge in [0.2, 0.25) is 0 Å². The van der Waals surface area contributed by atoms with E-state index in [0.717, 1.165) is 10.2 Å².